The fraction of sp³-hybridized carbons (Fsp3) is 0.0303. The lowest BCUT2D eigenvalue weighted by molar-refractivity contribution is 0.768. The number of fused-ring (bicyclic) bond motifs is 7. The number of hydrogen-bond donors (Lipinski definition) is 0. The van der Waals surface area contributed by atoms with E-state index in [0.717, 1.165) is 22.6 Å². The predicted molar refractivity (Wildman–Crippen MR) is 279 cm³/mol. The van der Waals surface area contributed by atoms with E-state index in [2.05, 4.69) is 278 Å². The van der Waals surface area contributed by atoms with Crippen LogP contribution < -0.4 is 4.90 Å². The van der Waals surface area contributed by atoms with Crippen molar-refractivity contribution in [2.45, 2.75) is 10.8 Å². The van der Waals surface area contributed by atoms with Crippen molar-refractivity contribution in [2.24, 2.45) is 0 Å². The van der Waals surface area contributed by atoms with Gasteiger partial charge in [-0.15, -0.1) is 0 Å². The third-order valence-electron chi connectivity index (χ3n) is 14.6. The van der Waals surface area contributed by atoms with Gasteiger partial charge in [0.25, 0.3) is 0 Å². The molecule has 11 aromatic carbocycles. The minimum atomic E-state index is -0.522. The summed E-state index contributed by atoms with van der Waals surface area (Å²) in [5.74, 6) is 0. The average Bonchev–Trinajstić information content (AvgIpc) is 3.88. The highest BCUT2D eigenvalue weighted by Crippen LogP contribution is 2.59. The first-order chi connectivity index (χ1) is 33.2. The maximum atomic E-state index is 2.48. The van der Waals surface area contributed by atoms with Crippen LogP contribution >= 0.6 is 0 Å². The zero-order valence-electron chi connectivity index (χ0n) is 36.9. The van der Waals surface area contributed by atoms with Gasteiger partial charge in [-0.2, -0.15) is 0 Å². The van der Waals surface area contributed by atoms with E-state index >= 15 is 0 Å². The molecule has 0 unspecified atom stereocenters. The van der Waals surface area contributed by atoms with Crippen molar-refractivity contribution in [1.82, 2.24) is 0 Å². The fourth-order valence-electron chi connectivity index (χ4n) is 11.9. The van der Waals surface area contributed by atoms with Crippen LogP contribution in [0.15, 0.2) is 273 Å². The Morgan fingerprint density at radius 2 is 0.701 bits per heavy atom. The van der Waals surface area contributed by atoms with Gasteiger partial charge in [0, 0.05) is 16.8 Å². The van der Waals surface area contributed by atoms with Gasteiger partial charge in [0.15, 0.2) is 0 Å². The second kappa shape index (κ2) is 15.6. The van der Waals surface area contributed by atoms with Crippen LogP contribution in [0.4, 0.5) is 17.1 Å². The predicted octanol–water partition coefficient (Wildman–Crippen LogP) is 16.7. The lowest BCUT2D eigenvalue weighted by atomic mass is 9.67. The Balaban J connectivity index is 1.02. The van der Waals surface area contributed by atoms with Crippen molar-refractivity contribution in [3.8, 4) is 33.4 Å². The molecule has 2 aliphatic rings. The highest BCUT2D eigenvalue weighted by atomic mass is 15.1. The van der Waals surface area contributed by atoms with Crippen LogP contribution in [-0.2, 0) is 10.8 Å². The summed E-state index contributed by atoms with van der Waals surface area (Å²) in [6.45, 7) is 0. The van der Waals surface area contributed by atoms with Gasteiger partial charge >= 0.3 is 0 Å². The van der Waals surface area contributed by atoms with Crippen LogP contribution in [-0.4, -0.2) is 0 Å². The van der Waals surface area contributed by atoms with Gasteiger partial charge in [-0.1, -0.05) is 237 Å². The maximum absolute atomic E-state index is 2.48. The minimum absolute atomic E-state index is 0.443. The van der Waals surface area contributed by atoms with Crippen LogP contribution in [0.1, 0.15) is 44.5 Å². The Hall–Kier alpha value is -8.52. The molecule has 1 nitrogen and oxygen atoms in total. The largest absolute Gasteiger partial charge is 0.310 e. The van der Waals surface area contributed by atoms with Crippen LogP contribution in [0, 0.1) is 0 Å². The van der Waals surface area contributed by atoms with Crippen LogP contribution in [0.5, 0.6) is 0 Å². The molecule has 0 atom stereocenters. The van der Waals surface area contributed by atoms with Gasteiger partial charge in [-0.05, 0) is 120 Å². The quantitative estimate of drug-likeness (QED) is 0.147. The third-order valence-corrected chi connectivity index (χ3v) is 14.6. The molecule has 67 heavy (non-hydrogen) atoms. The van der Waals surface area contributed by atoms with E-state index < -0.39 is 10.8 Å². The molecular weight excluding hydrogens is 807 g/mol. The standard InChI is InChI=1S/C66H45N/c1-5-24-49(25-6-1)65(50-26-7-2-8-27-50)61-37-18-16-35-57(61)59-44-48(39-42-62(59)65)47-23-19-32-53(43-47)67(64-38-20-22-46-21-13-14-33-55(46)64)54-40-41-58-56-34-15-17-36-60(56)66(63(58)45-54,51-28-9-3-10-29-51)52-30-11-4-12-31-52/h1-45H. The zero-order chi connectivity index (χ0) is 44.4. The van der Waals surface area contributed by atoms with Crippen molar-refractivity contribution in [2.75, 3.05) is 4.90 Å². The molecule has 0 heterocycles. The molecule has 0 bridgehead atoms. The summed E-state index contributed by atoms with van der Waals surface area (Å²) in [6, 6.07) is 101. The molecule has 0 fully saturated rings. The van der Waals surface area contributed by atoms with E-state index in [1.54, 1.807) is 0 Å². The first-order valence-corrected chi connectivity index (χ1v) is 23.3. The summed E-state index contributed by atoms with van der Waals surface area (Å²) in [5, 5.41) is 2.40. The number of hydrogen-bond acceptors (Lipinski definition) is 1. The number of rotatable bonds is 8. The Morgan fingerprint density at radius 3 is 1.33 bits per heavy atom. The van der Waals surface area contributed by atoms with Crippen LogP contribution in [0.25, 0.3) is 44.2 Å². The van der Waals surface area contributed by atoms with Gasteiger partial charge in [-0.3, -0.25) is 0 Å². The van der Waals surface area contributed by atoms with Gasteiger partial charge in [0.05, 0.1) is 16.5 Å². The Morgan fingerprint density at radius 1 is 0.254 bits per heavy atom. The first-order valence-electron chi connectivity index (χ1n) is 23.3. The van der Waals surface area contributed by atoms with E-state index in [1.165, 1.54) is 83.1 Å². The molecule has 0 radical (unpaired) electrons. The fourth-order valence-corrected chi connectivity index (χ4v) is 11.9. The normalized spacial score (nSPS) is 13.6. The molecule has 13 rings (SSSR count). The molecule has 0 saturated carbocycles. The molecule has 2 aliphatic carbocycles. The molecule has 0 saturated heterocycles. The monoisotopic (exact) mass is 851 g/mol. The van der Waals surface area contributed by atoms with Crippen LogP contribution in [0.3, 0.4) is 0 Å². The van der Waals surface area contributed by atoms with E-state index in [1.807, 2.05) is 0 Å². The second-order valence-corrected chi connectivity index (χ2v) is 17.9. The summed E-state index contributed by atoms with van der Waals surface area (Å²) in [4.78, 5) is 2.48. The first kappa shape index (κ1) is 38.9. The van der Waals surface area contributed by atoms with E-state index in [-0.39, 0.29) is 0 Å². The zero-order valence-corrected chi connectivity index (χ0v) is 36.9. The number of anilines is 3. The van der Waals surface area contributed by atoms with Crippen LogP contribution in [0.2, 0.25) is 0 Å². The highest BCUT2D eigenvalue weighted by Gasteiger charge is 2.47. The smallest absolute Gasteiger partial charge is 0.0714 e. The lowest BCUT2D eigenvalue weighted by Gasteiger charge is -2.35. The molecule has 314 valence electrons. The van der Waals surface area contributed by atoms with Crippen molar-refractivity contribution in [1.29, 1.82) is 0 Å². The van der Waals surface area contributed by atoms with Gasteiger partial charge in [0.2, 0.25) is 0 Å². The average molecular weight is 852 g/mol. The molecular formula is C66H45N. The van der Waals surface area contributed by atoms with Crippen molar-refractivity contribution < 1.29 is 0 Å². The maximum Gasteiger partial charge on any atom is 0.0714 e. The topological polar surface area (TPSA) is 3.24 Å². The SMILES string of the molecule is c1ccc(C2(c3ccccc3)c3ccccc3-c3cc(-c4cccc(N(c5ccc6c(c5)C(c5ccccc5)(c5ccccc5)c5ccccc5-6)c5cccc6ccccc56)c4)ccc32)cc1. The summed E-state index contributed by atoms with van der Waals surface area (Å²) in [7, 11) is 0. The van der Waals surface area contributed by atoms with Crippen molar-refractivity contribution in [3.63, 3.8) is 0 Å². The molecule has 0 aromatic heterocycles. The number of benzene rings is 11. The Bertz CT molecular complexity index is 3550. The molecule has 0 spiro atoms. The summed E-state index contributed by atoms with van der Waals surface area (Å²) in [5.41, 5.74) is 20.1. The number of nitrogens with zero attached hydrogens (tertiary/aromatic N) is 1. The molecule has 0 N–H and O–H groups in total. The summed E-state index contributed by atoms with van der Waals surface area (Å²) in [6.07, 6.45) is 0. The van der Waals surface area contributed by atoms with Gasteiger partial charge in [-0.25, -0.2) is 0 Å². The van der Waals surface area contributed by atoms with E-state index in [0.29, 0.717) is 0 Å². The molecule has 11 aromatic rings. The van der Waals surface area contributed by atoms with Gasteiger partial charge < -0.3 is 4.90 Å². The Labute approximate surface area is 392 Å². The second-order valence-electron chi connectivity index (χ2n) is 17.9. The van der Waals surface area contributed by atoms with Crippen molar-refractivity contribution in [3.05, 3.63) is 317 Å². The lowest BCUT2D eigenvalue weighted by Crippen LogP contribution is -2.28. The molecule has 0 aliphatic heterocycles. The van der Waals surface area contributed by atoms with Crippen molar-refractivity contribution >= 4 is 27.8 Å². The van der Waals surface area contributed by atoms with E-state index in [9.17, 15) is 0 Å². The van der Waals surface area contributed by atoms with Gasteiger partial charge in [0.1, 0.15) is 0 Å². The third kappa shape index (κ3) is 5.81. The molecule has 1 heteroatoms. The summed E-state index contributed by atoms with van der Waals surface area (Å²) >= 11 is 0. The molecule has 0 amide bonds. The highest BCUT2D eigenvalue weighted by molar-refractivity contribution is 6.00. The summed E-state index contributed by atoms with van der Waals surface area (Å²) < 4.78 is 0. The minimum Gasteiger partial charge on any atom is -0.310 e. The Kier molecular flexibility index (Phi) is 9.05. The van der Waals surface area contributed by atoms with E-state index in [4.69, 9.17) is 0 Å².